The van der Waals surface area contributed by atoms with Crippen molar-refractivity contribution in [2.75, 3.05) is 0 Å². The molecular weight excluding hydrogens is 217 g/mol. The van der Waals surface area contributed by atoms with E-state index in [0.29, 0.717) is 6.92 Å². The van der Waals surface area contributed by atoms with Gasteiger partial charge < -0.3 is 0 Å². The van der Waals surface area contributed by atoms with Crippen molar-refractivity contribution in [3.63, 3.8) is 0 Å². The number of rotatable bonds is 2. The van der Waals surface area contributed by atoms with Crippen LogP contribution in [0.5, 0.6) is 0 Å². The van der Waals surface area contributed by atoms with Gasteiger partial charge in [0.05, 0.1) is 0 Å². The molecule has 14 heavy (non-hydrogen) atoms. The van der Waals surface area contributed by atoms with Gasteiger partial charge in [0.15, 0.2) is 0 Å². The van der Waals surface area contributed by atoms with Gasteiger partial charge >= 0.3 is 10.2 Å². The summed E-state index contributed by atoms with van der Waals surface area (Å²) in [7, 11) is -5.10. The second kappa shape index (κ2) is 3.27. The quantitative estimate of drug-likeness (QED) is 0.723. The molecule has 0 aliphatic rings. The molecule has 1 rings (SSSR count). The van der Waals surface area contributed by atoms with Crippen molar-refractivity contribution in [3.8, 4) is 0 Å². The maximum absolute atomic E-state index is 12.8. The SMILES string of the molecule is CC(F)(F)c1ccccc1S(=O)(=O)F. The van der Waals surface area contributed by atoms with E-state index in [0.717, 1.165) is 12.1 Å². The summed E-state index contributed by atoms with van der Waals surface area (Å²) >= 11 is 0. The minimum atomic E-state index is -5.10. The molecule has 0 aliphatic heterocycles. The van der Waals surface area contributed by atoms with Crippen molar-refractivity contribution in [3.05, 3.63) is 29.8 Å². The minimum absolute atomic E-state index is 0.511. The van der Waals surface area contributed by atoms with Crippen molar-refractivity contribution in [2.24, 2.45) is 0 Å². The summed E-state index contributed by atoms with van der Waals surface area (Å²) in [6.45, 7) is 0.511. The summed E-state index contributed by atoms with van der Waals surface area (Å²) in [5.41, 5.74) is -0.831. The smallest absolute Gasteiger partial charge is 0.202 e. The second-order valence-corrected chi connectivity index (χ2v) is 4.14. The van der Waals surface area contributed by atoms with Crippen molar-refractivity contribution in [2.45, 2.75) is 17.7 Å². The molecule has 78 valence electrons. The van der Waals surface area contributed by atoms with Gasteiger partial charge in [0.25, 0.3) is 5.92 Å². The number of alkyl halides is 2. The number of hydrogen-bond donors (Lipinski definition) is 0. The van der Waals surface area contributed by atoms with Crippen molar-refractivity contribution >= 4 is 10.2 Å². The van der Waals surface area contributed by atoms with Crippen LogP contribution >= 0.6 is 0 Å². The first-order valence-corrected chi connectivity index (χ1v) is 5.03. The molecule has 0 amide bonds. The third-order valence-electron chi connectivity index (χ3n) is 1.62. The highest BCUT2D eigenvalue weighted by atomic mass is 32.3. The fourth-order valence-corrected chi connectivity index (χ4v) is 1.79. The largest absolute Gasteiger partial charge is 0.332 e. The van der Waals surface area contributed by atoms with Crippen LogP contribution in [0.25, 0.3) is 0 Å². The first kappa shape index (κ1) is 11.0. The Morgan fingerprint density at radius 2 is 1.71 bits per heavy atom. The van der Waals surface area contributed by atoms with Crippen LogP contribution < -0.4 is 0 Å². The zero-order valence-corrected chi connectivity index (χ0v) is 7.98. The van der Waals surface area contributed by atoms with Crippen molar-refractivity contribution in [1.82, 2.24) is 0 Å². The molecule has 0 aromatic heterocycles. The molecule has 0 unspecified atom stereocenters. The molecule has 0 bridgehead atoms. The molecule has 0 heterocycles. The average Bonchev–Trinajstić information content (AvgIpc) is 2.01. The molecule has 6 heteroatoms. The Hall–Kier alpha value is -1.04. The minimum Gasteiger partial charge on any atom is -0.202 e. The summed E-state index contributed by atoms with van der Waals surface area (Å²) in [5, 5.41) is 0. The van der Waals surface area contributed by atoms with Crippen LogP contribution in [0.2, 0.25) is 0 Å². The van der Waals surface area contributed by atoms with Gasteiger partial charge in [-0.2, -0.15) is 8.42 Å². The van der Waals surface area contributed by atoms with Crippen LogP contribution in [0, 0.1) is 0 Å². The molecule has 0 saturated carbocycles. The zero-order chi connectivity index (χ0) is 11.0. The molecule has 0 spiro atoms. The van der Waals surface area contributed by atoms with E-state index in [2.05, 4.69) is 0 Å². The lowest BCUT2D eigenvalue weighted by atomic mass is 10.1. The van der Waals surface area contributed by atoms with Gasteiger partial charge in [-0.05, 0) is 6.07 Å². The van der Waals surface area contributed by atoms with Gasteiger partial charge in [-0.15, -0.1) is 3.89 Å². The first-order valence-electron chi connectivity index (χ1n) is 3.65. The maximum Gasteiger partial charge on any atom is 0.332 e. The molecule has 0 radical (unpaired) electrons. The molecule has 2 nitrogen and oxygen atoms in total. The lowest BCUT2D eigenvalue weighted by Crippen LogP contribution is -2.12. The lowest BCUT2D eigenvalue weighted by Gasteiger charge is -2.12. The Morgan fingerprint density at radius 1 is 1.21 bits per heavy atom. The molecule has 1 aromatic rings. The normalized spacial score (nSPS) is 12.9. The van der Waals surface area contributed by atoms with Gasteiger partial charge in [0, 0.05) is 12.5 Å². The molecule has 0 N–H and O–H groups in total. The number of benzene rings is 1. The number of hydrogen-bond acceptors (Lipinski definition) is 2. The van der Waals surface area contributed by atoms with Gasteiger partial charge in [-0.1, -0.05) is 18.2 Å². The summed E-state index contributed by atoms with van der Waals surface area (Å²) in [4.78, 5) is -0.979. The molecule has 0 saturated heterocycles. The third-order valence-corrected chi connectivity index (χ3v) is 2.50. The fraction of sp³-hybridized carbons (Fsp3) is 0.250. The van der Waals surface area contributed by atoms with Crippen LogP contribution in [0.1, 0.15) is 12.5 Å². The van der Waals surface area contributed by atoms with E-state index in [4.69, 9.17) is 0 Å². The number of halogens is 3. The Morgan fingerprint density at radius 3 is 2.07 bits per heavy atom. The van der Waals surface area contributed by atoms with E-state index in [1.54, 1.807) is 0 Å². The molecule has 0 atom stereocenters. The summed E-state index contributed by atoms with van der Waals surface area (Å²) in [6, 6.07) is 4.09. The predicted octanol–water partition coefficient (Wildman–Crippen LogP) is 2.46. The van der Waals surface area contributed by atoms with Crippen LogP contribution in [0.3, 0.4) is 0 Å². The van der Waals surface area contributed by atoms with E-state index >= 15 is 0 Å². The highest BCUT2D eigenvalue weighted by Gasteiger charge is 2.31. The second-order valence-electron chi connectivity index (χ2n) is 2.82. The summed E-state index contributed by atoms with van der Waals surface area (Å²) in [6.07, 6.45) is 0. The van der Waals surface area contributed by atoms with Gasteiger partial charge in [-0.3, -0.25) is 0 Å². The van der Waals surface area contributed by atoms with E-state index < -0.39 is 26.6 Å². The van der Waals surface area contributed by atoms with Gasteiger partial charge in [-0.25, -0.2) is 8.78 Å². The Kier molecular flexibility index (Phi) is 2.58. The van der Waals surface area contributed by atoms with E-state index in [-0.39, 0.29) is 0 Å². The van der Waals surface area contributed by atoms with E-state index in [1.165, 1.54) is 12.1 Å². The standard InChI is InChI=1S/C8H7F3O2S/c1-8(9,10)6-4-2-3-5-7(6)14(11,12)13/h2-5H,1H3. The monoisotopic (exact) mass is 224 g/mol. The average molecular weight is 224 g/mol. The molecule has 0 fully saturated rings. The van der Waals surface area contributed by atoms with Crippen LogP contribution in [-0.4, -0.2) is 8.42 Å². The highest BCUT2D eigenvalue weighted by molar-refractivity contribution is 7.86. The van der Waals surface area contributed by atoms with Crippen molar-refractivity contribution in [1.29, 1.82) is 0 Å². The Balaban J connectivity index is 3.47. The highest BCUT2D eigenvalue weighted by Crippen LogP contribution is 2.32. The maximum atomic E-state index is 12.8. The van der Waals surface area contributed by atoms with E-state index in [9.17, 15) is 21.1 Å². The lowest BCUT2D eigenvalue weighted by molar-refractivity contribution is 0.0143. The third kappa shape index (κ3) is 2.25. The first-order chi connectivity index (χ1) is 6.23. The van der Waals surface area contributed by atoms with E-state index in [1.807, 2.05) is 0 Å². The molecular formula is C8H7F3O2S. The van der Waals surface area contributed by atoms with Crippen LogP contribution in [0.15, 0.2) is 29.2 Å². The fourth-order valence-electron chi connectivity index (χ4n) is 1.04. The van der Waals surface area contributed by atoms with Gasteiger partial charge in [0.1, 0.15) is 4.90 Å². The van der Waals surface area contributed by atoms with Crippen LogP contribution in [0.4, 0.5) is 12.7 Å². The predicted molar refractivity (Wildman–Crippen MR) is 44.3 cm³/mol. The molecule has 0 aliphatic carbocycles. The summed E-state index contributed by atoms with van der Waals surface area (Å²) in [5.74, 6) is -3.38. The molecule has 1 aromatic carbocycles. The van der Waals surface area contributed by atoms with Crippen LogP contribution in [-0.2, 0) is 16.1 Å². The zero-order valence-electron chi connectivity index (χ0n) is 7.17. The topological polar surface area (TPSA) is 34.1 Å². The van der Waals surface area contributed by atoms with Gasteiger partial charge in [0.2, 0.25) is 0 Å². The Bertz CT molecular complexity index is 434. The van der Waals surface area contributed by atoms with Crippen molar-refractivity contribution < 1.29 is 21.1 Å². The Labute approximate surface area is 79.6 Å². The summed E-state index contributed by atoms with van der Waals surface area (Å²) < 4.78 is 59.2.